The SMILES string of the molecule is O=c1c2ccccc2cnn1CN1CCN(S(=O)(=O)c2ccccc2)CC1. The minimum atomic E-state index is -3.47. The molecule has 3 aromatic rings. The molecule has 1 aliphatic heterocycles. The first-order valence-corrected chi connectivity index (χ1v) is 10.2. The Labute approximate surface area is 157 Å². The second-order valence-corrected chi connectivity index (χ2v) is 8.45. The number of fused-ring (bicyclic) bond motifs is 1. The summed E-state index contributed by atoms with van der Waals surface area (Å²) in [5.41, 5.74) is -0.132. The molecule has 1 aliphatic rings. The van der Waals surface area contributed by atoms with Crippen LogP contribution in [0.2, 0.25) is 0 Å². The van der Waals surface area contributed by atoms with E-state index in [2.05, 4.69) is 5.10 Å². The minimum absolute atomic E-state index is 0.132. The minimum Gasteiger partial charge on any atom is -0.282 e. The molecule has 0 unspecified atom stereocenters. The number of hydrogen-bond acceptors (Lipinski definition) is 5. The van der Waals surface area contributed by atoms with E-state index in [-0.39, 0.29) is 5.56 Å². The van der Waals surface area contributed by atoms with Crippen LogP contribution in [0.25, 0.3) is 10.8 Å². The van der Waals surface area contributed by atoms with Gasteiger partial charge >= 0.3 is 0 Å². The van der Waals surface area contributed by atoms with Gasteiger partial charge in [-0.15, -0.1) is 0 Å². The van der Waals surface area contributed by atoms with Crippen molar-refractivity contribution >= 4 is 20.8 Å². The quantitative estimate of drug-likeness (QED) is 0.679. The second-order valence-electron chi connectivity index (χ2n) is 6.51. The zero-order valence-electron chi connectivity index (χ0n) is 14.7. The van der Waals surface area contributed by atoms with Crippen molar-refractivity contribution in [1.82, 2.24) is 19.0 Å². The monoisotopic (exact) mass is 384 g/mol. The number of hydrogen-bond donors (Lipinski definition) is 0. The van der Waals surface area contributed by atoms with E-state index in [1.807, 2.05) is 23.1 Å². The summed E-state index contributed by atoms with van der Waals surface area (Å²) in [4.78, 5) is 14.9. The average Bonchev–Trinajstić information content (AvgIpc) is 2.71. The summed E-state index contributed by atoms with van der Waals surface area (Å²) < 4.78 is 28.3. The molecule has 2 heterocycles. The lowest BCUT2D eigenvalue weighted by atomic mass is 10.2. The molecule has 7 nitrogen and oxygen atoms in total. The third kappa shape index (κ3) is 3.51. The van der Waals surface area contributed by atoms with Gasteiger partial charge in [-0.1, -0.05) is 36.4 Å². The van der Waals surface area contributed by atoms with Gasteiger partial charge < -0.3 is 0 Å². The highest BCUT2D eigenvalue weighted by atomic mass is 32.2. The number of benzene rings is 2. The van der Waals surface area contributed by atoms with Crippen molar-refractivity contribution in [1.29, 1.82) is 0 Å². The number of sulfonamides is 1. The molecule has 0 spiro atoms. The number of nitrogens with zero attached hydrogens (tertiary/aromatic N) is 4. The lowest BCUT2D eigenvalue weighted by molar-refractivity contribution is 0.143. The van der Waals surface area contributed by atoms with Gasteiger partial charge in [-0.05, 0) is 18.2 Å². The van der Waals surface area contributed by atoms with Crippen molar-refractivity contribution in [2.75, 3.05) is 26.2 Å². The van der Waals surface area contributed by atoms with Crippen molar-refractivity contribution in [2.45, 2.75) is 11.6 Å². The molecule has 27 heavy (non-hydrogen) atoms. The Morgan fingerprint density at radius 2 is 1.56 bits per heavy atom. The maximum absolute atomic E-state index is 12.7. The number of rotatable bonds is 4. The summed E-state index contributed by atoms with van der Waals surface area (Å²) in [7, 11) is -3.47. The summed E-state index contributed by atoms with van der Waals surface area (Å²) in [5.74, 6) is 0. The number of piperazine rings is 1. The Morgan fingerprint density at radius 3 is 2.30 bits per heavy atom. The Balaban J connectivity index is 1.46. The summed E-state index contributed by atoms with van der Waals surface area (Å²) in [6.07, 6.45) is 1.69. The maximum atomic E-state index is 12.7. The first-order valence-electron chi connectivity index (χ1n) is 8.78. The molecule has 1 aromatic heterocycles. The predicted octanol–water partition coefficient (Wildman–Crippen LogP) is 1.36. The van der Waals surface area contributed by atoms with Gasteiger partial charge in [-0.2, -0.15) is 9.40 Å². The molecule has 0 saturated carbocycles. The van der Waals surface area contributed by atoms with Gasteiger partial charge in [0.1, 0.15) is 0 Å². The molecule has 2 aromatic carbocycles. The third-order valence-electron chi connectivity index (χ3n) is 4.81. The summed E-state index contributed by atoms with van der Waals surface area (Å²) in [6, 6.07) is 15.8. The van der Waals surface area contributed by atoms with E-state index in [0.717, 1.165) is 5.39 Å². The van der Waals surface area contributed by atoms with Crippen LogP contribution < -0.4 is 5.56 Å². The van der Waals surface area contributed by atoms with Gasteiger partial charge in [0.25, 0.3) is 5.56 Å². The second kappa shape index (κ2) is 7.22. The molecule has 0 aliphatic carbocycles. The zero-order chi connectivity index (χ0) is 18.9. The van der Waals surface area contributed by atoms with E-state index in [1.54, 1.807) is 42.6 Å². The molecule has 0 radical (unpaired) electrons. The van der Waals surface area contributed by atoms with Gasteiger partial charge in [0.05, 0.1) is 23.1 Å². The van der Waals surface area contributed by atoms with Crippen LogP contribution in [-0.4, -0.2) is 53.6 Å². The lowest BCUT2D eigenvalue weighted by Crippen LogP contribution is -2.49. The van der Waals surface area contributed by atoms with Crippen molar-refractivity contribution in [2.24, 2.45) is 0 Å². The summed E-state index contributed by atoms with van der Waals surface area (Å²) >= 11 is 0. The Kier molecular flexibility index (Phi) is 4.77. The number of aromatic nitrogens is 2. The van der Waals surface area contributed by atoms with Gasteiger partial charge in [0.2, 0.25) is 10.0 Å². The lowest BCUT2D eigenvalue weighted by Gasteiger charge is -2.33. The van der Waals surface area contributed by atoms with Crippen LogP contribution >= 0.6 is 0 Å². The highest BCUT2D eigenvalue weighted by molar-refractivity contribution is 7.89. The van der Waals surface area contributed by atoms with Crippen molar-refractivity contribution < 1.29 is 8.42 Å². The van der Waals surface area contributed by atoms with Gasteiger partial charge in [-0.25, -0.2) is 13.1 Å². The normalized spacial score (nSPS) is 16.6. The fraction of sp³-hybridized carbons (Fsp3) is 0.263. The van der Waals surface area contributed by atoms with Crippen LogP contribution in [0.4, 0.5) is 0 Å². The summed E-state index contributed by atoms with van der Waals surface area (Å²) in [5, 5.41) is 5.70. The van der Waals surface area contributed by atoms with E-state index in [0.29, 0.717) is 43.1 Å². The van der Waals surface area contributed by atoms with E-state index in [9.17, 15) is 13.2 Å². The molecule has 1 fully saturated rings. The zero-order valence-corrected chi connectivity index (χ0v) is 15.5. The van der Waals surface area contributed by atoms with E-state index < -0.39 is 10.0 Å². The highest BCUT2D eigenvalue weighted by Gasteiger charge is 2.28. The summed E-state index contributed by atoms with van der Waals surface area (Å²) in [6.45, 7) is 2.22. The van der Waals surface area contributed by atoms with Gasteiger partial charge in [0, 0.05) is 31.6 Å². The average molecular weight is 384 g/mol. The van der Waals surface area contributed by atoms with Crippen LogP contribution in [0, 0.1) is 0 Å². The predicted molar refractivity (Wildman–Crippen MR) is 103 cm³/mol. The van der Waals surface area contributed by atoms with Crippen LogP contribution in [0.15, 0.2) is 70.5 Å². The molecular formula is C19H20N4O3S. The first-order chi connectivity index (χ1) is 13.1. The van der Waals surface area contributed by atoms with E-state index in [4.69, 9.17) is 0 Å². The molecule has 8 heteroatoms. The topological polar surface area (TPSA) is 75.5 Å². The van der Waals surface area contributed by atoms with Crippen LogP contribution in [0.1, 0.15) is 0 Å². The Hall–Kier alpha value is -2.55. The van der Waals surface area contributed by atoms with Gasteiger partial charge in [-0.3, -0.25) is 9.69 Å². The largest absolute Gasteiger partial charge is 0.282 e. The molecule has 0 bridgehead atoms. The molecule has 0 atom stereocenters. The molecule has 0 amide bonds. The van der Waals surface area contributed by atoms with E-state index >= 15 is 0 Å². The Bertz CT molecular complexity index is 1100. The Morgan fingerprint density at radius 1 is 0.889 bits per heavy atom. The standard InChI is InChI=1S/C19H20N4O3S/c24-19-18-9-5-4-6-16(18)14-20-23(19)15-21-10-12-22(13-11-21)27(25,26)17-7-2-1-3-8-17/h1-9,14H,10-13,15H2. The smallest absolute Gasteiger partial charge is 0.275 e. The van der Waals surface area contributed by atoms with E-state index in [1.165, 1.54) is 8.99 Å². The molecule has 140 valence electrons. The molecular weight excluding hydrogens is 364 g/mol. The van der Waals surface area contributed by atoms with Crippen LogP contribution in [0.5, 0.6) is 0 Å². The van der Waals surface area contributed by atoms with Crippen molar-refractivity contribution in [3.63, 3.8) is 0 Å². The molecule has 4 rings (SSSR count). The van der Waals surface area contributed by atoms with Gasteiger partial charge in [0.15, 0.2) is 0 Å². The van der Waals surface area contributed by atoms with Crippen molar-refractivity contribution in [3.8, 4) is 0 Å². The molecule has 1 saturated heterocycles. The van der Waals surface area contributed by atoms with Crippen LogP contribution in [0.3, 0.4) is 0 Å². The van der Waals surface area contributed by atoms with Crippen molar-refractivity contribution in [3.05, 3.63) is 71.1 Å². The van der Waals surface area contributed by atoms with Crippen LogP contribution in [-0.2, 0) is 16.7 Å². The third-order valence-corrected chi connectivity index (χ3v) is 6.72. The highest BCUT2D eigenvalue weighted by Crippen LogP contribution is 2.17. The maximum Gasteiger partial charge on any atom is 0.275 e. The molecule has 0 N–H and O–H groups in total. The fourth-order valence-electron chi connectivity index (χ4n) is 3.27. The first kappa shape index (κ1) is 17.8. The fourth-order valence-corrected chi connectivity index (χ4v) is 4.71.